The van der Waals surface area contributed by atoms with E-state index in [4.69, 9.17) is 9.47 Å². The van der Waals surface area contributed by atoms with Crippen LogP contribution < -0.4 is 15.0 Å². The van der Waals surface area contributed by atoms with Gasteiger partial charge in [-0.1, -0.05) is 25.1 Å². The first kappa shape index (κ1) is 25.0. The van der Waals surface area contributed by atoms with Crippen molar-refractivity contribution < 1.29 is 23.9 Å². The average Bonchev–Trinajstić information content (AvgIpc) is 3.27. The second kappa shape index (κ2) is 11.1. The molecule has 1 aliphatic heterocycles. The quantitative estimate of drug-likeness (QED) is 0.443. The fourth-order valence-corrected chi connectivity index (χ4v) is 4.00. The SMILES string of the molecule is CCc1ccc(NC(=O)COC(=O)[C@H]2CC(=O)N(c3ccc(Oc4ccc(C)c(C)c4)cc3)C2)cc1. The first-order valence-electron chi connectivity index (χ1n) is 12.0. The van der Waals surface area contributed by atoms with Gasteiger partial charge in [-0.2, -0.15) is 0 Å². The molecular weight excluding hydrogens is 456 g/mol. The topological polar surface area (TPSA) is 84.9 Å². The Balaban J connectivity index is 1.28. The summed E-state index contributed by atoms with van der Waals surface area (Å²) in [6.45, 7) is 5.94. The maximum Gasteiger partial charge on any atom is 0.311 e. The van der Waals surface area contributed by atoms with Crippen molar-refractivity contribution in [1.29, 1.82) is 0 Å². The number of benzene rings is 3. The zero-order valence-corrected chi connectivity index (χ0v) is 20.7. The zero-order valence-electron chi connectivity index (χ0n) is 20.7. The van der Waals surface area contributed by atoms with Crippen LogP contribution in [0.2, 0.25) is 0 Å². The predicted molar refractivity (Wildman–Crippen MR) is 138 cm³/mol. The van der Waals surface area contributed by atoms with Crippen LogP contribution in [0.1, 0.15) is 30.0 Å². The minimum Gasteiger partial charge on any atom is -0.457 e. The number of hydrogen-bond donors (Lipinski definition) is 1. The van der Waals surface area contributed by atoms with E-state index in [-0.39, 0.29) is 18.9 Å². The normalized spacial score (nSPS) is 15.0. The number of esters is 1. The van der Waals surface area contributed by atoms with Gasteiger partial charge >= 0.3 is 5.97 Å². The first-order chi connectivity index (χ1) is 17.3. The minimum atomic E-state index is -0.624. The molecule has 0 bridgehead atoms. The van der Waals surface area contributed by atoms with Crippen molar-refractivity contribution >= 4 is 29.2 Å². The average molecular weight is 487 g/mol. The summed E-state index contributed by atoms with van der Waals surface area (Å²) in [4.78, 5) is 38.8. The van der Waals surface area contributed by atoms with Crippen LogP contribution in [0, 0.1) is 19.8 Å². The van der Waals surface area contributed by atoms with Crippen LogP contribution in [-0.2, 0) is 25.5 Å². The van der Waals surface area contributed by atoms with Gasteiger partial charge < -0.3 is 19.7 Å². The van der Waals surface area contributed by atoms with Gasteiger partial charge in [0.25, 0.3) is 5.91 Å². The van der Waals surface area contributed by atoms with Crippen molar-refractivity contribution in [3.63, 3.8) is 0 Å². The molecule has 1 N–H and O–H groups in total. The van der Waals surface area contributed by atoms with E-state index in [9.17, 15) is 14.4 Å². The number of anilines is 2. The highest BCUT2D eigenvalue weighted by Gasteiger charge is 2.36. The molecule has 0 unspecified atom stereocenters. The summed E-state index contributed by atoms with van der Waals surface area (Å²) in [6, 6.07) is 20.6. The van der Waals surface area contributed by atoms with E-state index in [0.717, 1.165) is 17.7 Å². The number of hydrogen-bond acceptors (Lipinski definition) is 5. The summed E-state index contributed by atoms with van der Waals surface area (Å²) in [7, 11) is 0. The molecule has 0 radical (unpaired) electrons. The molecule has 0 aliphatic carbocycles. The number of carbonyl (C=O) groups is 3. The summed E-state index contributed by atoms with van der Waals surface area (Å²) in [5, 5.41) is 2.71. The highest BCUT2D eigenvalue weighted by Crippen LogP contribution is 2.29. The number of aryl methyl sites for hydroxylation is 3. The van der Waals surface area contributed by atoms with Gasteiger partial charge in [-0.05, 0) is 85.5 Å². The molecule has 0 saturated carbocycles. The van der Waals surface area contributed by atoms with Crippen LogP contribution in [0.25, 0.3) is 0 Å². The van der Waals surface area contributed by atoms with Crippen LogP contribution in [0.15, 0.2) is 66.7 Å². The summed E-state index contributed by atoms with van der Waals surface area (Å²) < 4.78 is 11.1. The van der Waals surface area contributed by atoms with Crippen LogP contribution >= 0.6 is 0 Å². The minimum absolute atomic E-state index is 0.0415. The van der Waals surface area contributed by atoms with Crippen molar-refractivity contribution in [2.45, 2.75) is 33.6 Å². The number of carbonyl (C=O) groups excluding carboxylic acids is 3. The van der Waals surface area contributed by atoms with Gasteiger partial charge in [0.15, 0.2) is 6.61 Å². The van der Waals surface area contributed by atoms with E-state index in [1.54, 1.807) is 29.2 Å². The van der Waals surface area contributed by atoms with Crippen LogP contribution in [0.3, 0.4) is 0 Å². The van der Waals surface area contributed by atoms with Crippen molar-refractivity contribution in [2.24, 2.45) is 5.92 Å². The van der Waals surface area contributed by atoms with Gasteiger partial charge in [0.05, 0.1) is 5.92 Å². The molecule has 7 nitrogen and oxygen atoms in total. The van der Waals surface area contributed by atoms with Crippen molar-refractivity contribution in [3.05, 3.63) is 83.4 Å². The third-order valence-electron chi connectivity index (χ3n) is 6.31. The summed E-state index contributed by atoms with van der Waals surface area (Å²) in [6.07, 6.45) is 0.952. The highest BCUT2D eigenvalue weighted by atomic mass is 16.5. The summed E-state index contributed by atoms with van der Waals surface area (Å²) >= 11 is 0. The smallest absolute Gasteiger partial charge is 0.311 e. The monoisotopic (exact) mass is 486 g/mol. The Hall–Kier alpha value is -4.13. The van der Waals surface area contributed by atoms with Gasteiger partial charge in [0, 0.05) is 24.3 Å². The molecule has 186 valence electrons. The van der Waals surface area contributed by atoms with Crippen molar-refractivity contribution in [1.82, 2.24) is 0 Å². The molecule has 1 fully saturated rings. The first-order valence-corrected chi connectivity index (χ1v) is 12.0. The zero-order chi connectivity index (χ0) is 25.7. The van der Waals surface area contributed by atoms with Gasteiger partial charge in [-0.25, -0.2) is 0 Å². The molecule has 4 rings (SSSR count). The lowest BCUT2D eigenvalue weighted by atomic mass is 10.1. The van der Waals surface area contributed by atoms with Gasteiger partial charge in [0.2, 0.25) is 5.91 Å². The number of nitrogens with zero attached hydrogens (tertiary/aromatic N) is 1. The Morgan fingerprint density at radius 2 is 1.64 bits per heavy atom. The maximum absolute atomic E-state index is 12.6. The molecule has 3 aromatic carbocycles. The van der Waals surface area contributed by atoms with E-state index in [2.05, 4.69) is 12.2 Å². The summed E-state index contributed by atoms with van der Waals surface area (Å²) in [5.41, 5.74) is 4.82. The Morgan fingerprint density at radius 3 is 2.31 bits per heavy atom. The molecule has 1 aliphatic rings. The predicted octanol–water partition coefficient (Wildman–Crippen LogP) is 5.19. The second-order valence-electron chi connectivity index (χ2n) is 8.95. The van der Waals surface area contributed by atoms with E-state index < -0.39 is 24.4 Å². The molecule has 0 aromatic heterocycles. The lowest BCUT2D eigenvalue weighted by molar-refractivity contribution is -0.151. The molecule has 36 heavy (non-hydrogen) atoms. The standard InChI is InChI=1S/C29H30N2O5/c1-4-21-6-8-23(9-7-21)30-27(32)18-35-29(34)22-16-28(33)31(17-22)24-10-13-25(14-11-24)36-26-12-5-19(2)20(3)15-26/h5-15,22H,4,16-18H2,1-3H3,(H,30,32)/t22-/m0/s1. The Labute approximate surface area is 211 Å². The van der Waals surface area contributed by atoms with E-state index in [1.165, 1.54) is 11.1 Å². The van der Waals surface area contributed by atoms with Crippen molar-refractivity contribution in [2.75, 3.05) is 23.4 Å². The lowest BCUT2D eigenvalue weighted by Gasteiger charge is -2.17. The van der Waals surface area contributed by atoms with Crippen LogP contribution in [0.5, 0.6) is 11.5 Å². The molecule has 1 atom stereocenters. The molecule has 3 aromatic rings. The van der Waals surface area contributed by atoms with Gasteiger partial charge in [-0.15, -0.1) is 0 Å². The van der Waals surface area contributed by atoms with Crippen molar-refractivity contribution in [3.8, 4) is 11.5 Å². The fourth-order valence-electron chi connectivity index (χ4n) is 4.00. The molecule has 2 amide bonds. The number of rotatable bonds is 8. The Morgan fingerprint density at radius 1 is 0.944 bits per heavy atom. The van der Waals surface area contributed by atoms with Gasteiger partial charge in [-0.3, -0.25) is 14.4 Å². The third-order valence-corrected chi connectivity index (χ3v) is 6.31. The van der Waals surface area contributed by atoms with Crippen LogP contribution in [-0.4, -0.2) is 30.9 Å². The highest BCUT2D eigenvalue weighted by molar-refractivity contribution is 6.00. The summed E-state index contributed by atoms with van der Waals surface area (Å²) in [5.74, 6) is -0.376. The Kier molecular flexibility index (Phi) is 7.68. The third kappa shape index (κ3) is 6.10. The maximum atomic E-state index is 12.6. The number of nitrogens with one attached hydrogen (secondary N) is 1. The van der Waals surface area contributed by atoms with E-state index >= 15 is 0 Å². The second-order valence-corrected chi connectivity index (χ2v) is 8.95. The number of ether oxygens (including phenoxy) is 2. The Bertz CT molecular complexity index is 1250. The molecule has 1 heterocycles. The fraction of sp³-hybridized carbons (Fsp3) is 0.276. The largest absolute Gasteiger partial charge is 0.457 e. The van der Waals surface area contributed by atoms with Crippen LogP contribution in [0.4, 0.5) is 11.4 Å². The molecule has 7 heteroatoms. The molecular formula is C29H30N2O5. The van der Waals surface area contributed by atoms with E-state index in [1.807, 2.05) is 56.3 Å². The van der Waals surface area contributed by atoms with Gasteiger partial charge in [0.1, 0.15) is 11.5 Å². The number of amides is 2. The molecule has 0 spiro atoms. The lowest BCUT2D eigenvalue weighted by Crippen LogP contribution is -2.28. The van der Waals surface area contributed by atoms with E-state index in [0.29, 0.717) is 17.1 Å². The molecule has 1 saturated heterocycles.